The minimum atomic E-state index is -1.81. The van der Waals surface area contributed by atoms with Gasteiger partial charge in [-0.25, -0.2) is 9.59 Å². The molecule has 0 amide bonds. The van der Waals surface area contributed by atoms with Crippen LogP contribution < -0.4 is 0 Å². The van der Waals surface area contributed by atoms with E-state index in [9.17, 15) is 29.4 Å². The molecule has 1 aliphatic carbocycles. The predicted molar refractivity (Wildman–Crippen MR) is 116 cm³/mol. The largest absolute Gasteiger partial charge is 0.455 e. The Morgan fingerprint density at radius 3 is 1.79 bits per heavy atom. The number of carbonyl (C=O) groups is 4. The monoisotopic (exact) mass is 470 g/mol. The highest BCUT2D eigenvalue weighted by atomic mass is 16.6. The molecule has 1 rings (SSSR count). The number of carbonyl (C=O) groups excluding carboxylic acids is 4. The number of hydrogen-bond donors (Lipinski definition) is 2. The van der Waals surface area contributed by atoms with Crippen molar-refractivity contribution in [3.8, 4) is 0 Å². The molecule has 0 aliphatic heterocycles. The first-order valence-electron chi connectivity index (χ1n) is 10.7. The second-order valence-electron chi connectivity index (χ2n) is 8.57. The molecular formula is C23H34O10. The minimum Gasteiger partial charge on any atom is -0.455 e. The molecular weight excluding hydrogens is 436 g/mol. The molecule has 2 N–H and O–H groups in total. The zero-order valence-electron chi connectivity index (χ0n) is 20.1. The van der Waals surface area contributed by atoms with Gasteiger partial charge in [0.2, 0.25) is 0 Å². The molecule has 0 aromatic rings. The normalized spacial score (nSPS) is 27.4. The van der Waals surface area contributed by atoms with Gasteiger partial charge in [0.15, 0.2) is 24.4 Å². The second kappa shape index (κ2) is 12.5. The fourth-order valence-corrected chi connectivity index (χ4v) is 3.16. The van der Waals surface area contributed by atoms with Gasteiger partial charge in [-0.2, -0.15) is 0 Å². The molecule has 10 nitrogen and oxygen atoms in total. The van der Waals surface area contributed by atoms with Gasteiger partial charge in [-0.05, 0) is 33.6 Å². The summed E-state index contributed by atoms with van der Waals surface area (Å²) in [6.45, 7) is 11.0. The summed E-state index contributed by atoms with van der Waals surface area (Å²) in [7, 11) is 0. The number of aliphatic hydroxyl groups excluding tert-OH is 2. The average molecular weight is 471 g/mol. The zero-order chi connectivity index (χ0) is 25.5. The van der Waals surface area contributed by atoms with E-state index in [-0.39, 0.29) is 17.9 Å². The number of allylic oxidation sites excluding steroid dienone is 2. The Balaban J connectivity index is 3.45. The lowest BCUT2D eigenvalue weighted by Gasteiger charge is -2.45. The molecule has 1 saturated carbocycles. The van der Waals surface area contributed by atoms with Gasteiger partial charge in [-0.3, -0.25) is 9.59 Å². The predicted octanol–water partition coefficient (Wildman–Crippen LogP) is 1.37. The fourth-order valence-electron chi connectivity index (χ4n) is 3.16. The van der Waals surface area contributed by atoms with E-state index in [1.54, 1.807) is 34.6 Å². The van der Waals surface area contributed by atoms with Gasteiger partial charge >= 0.3 is 23.9 Å². The van der Waals surface area contributed by atoms with E-state index in [2.05, 4.69) is 0 Å². The highest BCUT2D eigenvalue weighted by molar-refractivity contribution is 5.88. The van der Waals surface area contributed by atoms with E-state index in [0.717, 1.165) is 13.0 Å². The molecule has 0 heterocycles. The number of hydrogen-bond acceptors (Lipinski definition) is 10. The quantitative estimate of drug-likeness (QED) is 0.303. The number of esters is 4. The van der Waals surface area contributed by atoms with Crippen LogP contribution in [0.1, 0.15) is 54.9 Å². The molecule has 0 unspecified atom stereocenters. The van der Waals surface area contributed by atoms with Crippen LogP contribution in [0.3, 0.4) is 0 Å². The van der Waals surface area contributed by atoms with Crippen molar-refractivity contribution in [3.05, 3.63) is 23.3 Å². The third kappa shape index (κ3) is 8.29. The smallest absolute Gasteiger partial charge is 0.333 e. The number of ether oxygens (including phenoxy) is 4. The van der Waals surface area contributed by atoms with Crippen LogP contribution >= 0.6 is 0 Å². The van der Waals surface area contributed by atoms with Crippen molar-refractivity contribution >= 4 is 23.9 Å². The Morgan fingerprint density at radius 1 is 0.818 bits per heavy atom. The van der Waals surface area contributed by atoms with Crippen LogP contribution in [0.25, 0.3) is 0 Å². The van der Waals surface area contributed by atoms with Crippen molar-refractivity contribution in [2.45, 2.75) is 91.5 Å². The first-order valence-corrected chi connectivity index (χ1v) is 10.7. The van der Waals surface area contributed by atoms with E-state index < -0.39 is 60.5 Å². The third-order valence-electron chi connectivity index (χ3n) is 4.80. The van der Waals surface area contributed by atoms with Gasteiger partial charge in [0.1, 0.15) is 12.2 Å². The molecule has 0 radical (unpaired) electrons. The lowest BCUT2D eigenvalue weighted by Crippen LogP contribution is -2.67. The van der Waals surface area contributed by atoms with Crippen molar-refractivity contribution < 1.29 is 48.3 Å². The van der Waals surface area contributed by atoms with Gasteiger partial charge in [-0.1, -0.05) is 25.5 Å². The Kier molecular flexibility index (Phi) is 10.7. The van der Waals surface area contributed by atoms with Crippen LogP contribution in [0, 0.1) is 5.92 Å². The Hall–Kier alpha value is -2.72. The second-order valence-corrected chi connectivity index (χ2v) is 8.57. The average Bonchev–Trinajstić information content (AvgIpc) is 2.69. The Morgan fingerprint density at radius 2 is 1.33 bits per heavy atom. The molecule has 1 fully saturated rings. The maximum atomic E-state index is 12.5. The number of aliphatic hydroxyl groups is 2. The van der Waals surface area contributed by atoms with Crippen LogP contribution in [-0.2, 0) is 38.1 Å². The molecule has 186 valence electrons. The molecule has 1 aliphatic rings. The van der Waals surface area contributed by atoms with Gasteiger partial charge < -0.3 is 29.2 Å². The third-order valence-corrected chi connectivity index (χ3v) is 4.80. The minimum absolute atomic E-state index is 0.00884. The topological polar surface area (TPSA) is 146 Å². The highest BCUT2D eigenvalue weighted by Gasteiger charge is 2.57. The van der Waals surface area contributed by atoms with Crippen molar-refractivity contribution in [1.82, 2.24) is 0 Å². The van der Waals surface area contributed by atoms with E-state index in [4.69, 9.17) is 18.9 Å². The van der Waals surface area contributed by atoms with Crippen LogP contribution in [0.2, 0.25) is 0 Å². The fraction of sp³-hybridized carbons (Fsp3) is 0.652. The molecule has 10 heteroatoms. The first kappa shape index (κ1) is 28.3. The summed E-state index contributed by atoms with van der Waals surface area (Å²) in [5, 5.41) is 21.4. The van der Waals surface area contributed by atoms with Crippen molar-refractivity contribution in [1.29, 1.82) is 0 Å². The maximum absolute atomic E-state index is 12.5. The summed E-state index contributed by atoms with van der Waals surface area (Å²) in [5.74, 6) is -3.32. The number of rotatable bonds is 8. The lowest BCUT2D eigenvalue weighted by atomic mass is 9.84. The molecule has 0 saturated heterocycles. The van der Waals surface area contributed by atoms with E-state index >= 15 is 0 Å². The van der Waals surface area contributed by atoms with Gasteiger partial charge in [0.25, 0.3) is 0 Å². The van der Waals surface area contributed by atoms with Gasteiger partial charge in [0.05, 0.1) is 0 Å². The summed E-state index contributed by atoms with van der Waals surface area (Å²) in [4.78, 5) is 48.9. The van der Waals surface area contributed by atoms with Gasteiger partial charge in [-0.15, -0.1) is 0 Å². The highest BCUT2D eigenvalue weighted by Crippen LogP contribution is 2.32. The first-order chi connectivity index (χ1) is 15.3. The molecule has 0 bridgehead atoms. The standard InChI is InChI=1S/C23H34O10/c1-8-13(6)23(29)33-22-20(32-16(26)10-12(4)5)18(28)17(27)19(21(22)30-14(7)24)31-15(25)9-11(2)3/h8-9,12,17-22,27-28H,10H2,1-7H3/b13-8-/t17-,18-,19+,20+,21+,22-/m0/s1. The molecule has 33 heavy (non-hydrogen) atoms. The summed E-state index contributed by atoms with van der Waals surface area (Å²) < 4.78 is 21.3. The molecule has 0 aromatic heterocycles. The van der Waals surface area contributed by atoms with Crippen LogP contribution in [0.4, 0.5) is 0 Å². The molecule has 0 aromatic carbocycles. The van der Waals surface area contributed by atoms with E-state index in [1.807, 2.05) is 0 Å². The van der Waals surface area contributed by atoms with Gasteiger partial charge in [0, 0.05) is 25.0 Å². The lowest BCUT2D eigenvalue weighted by molar-refractivity contribution is -0.250. The van der Waals surface area contributed by atoms with Crippen molar-refractivity contribution in [2.24, 2.45) is 5.92 Å². The Bertz CT molecular complexity index is 793. The maximum Gasteiger partial charge on any atom is 0.333 e. The van der Waals surface area contributed by atoms with E-state index in [0.29, 0.717) is 5.57 Å². The van der Waals surface area contributed by atoms with E-state index in [1.165, 1.54) is 13.0 Å². The van der Waals surface area contributed by atoms with Crippen LogP contribution in [-0.4, -0.2) is 70.7 Å². The molecule has 0 spiro atoms. The summed E-state index contributed by atoms with van der Waals surface area (Å²) in [6, 6.07) is 0. The summed E-state index contributed by atoms with van der Waals surface area (Å²) in [6.07, 6.45) is -7.30. The summed E-state index contributed by atoms with van der Waals surface area (Å²) >= 11 is 0. The molecule has 6 atom stereocenters. The SMILES string of the molecule is C/C=C(/C)C(=O)O[C@@H]1[C@H](OC(C)=O)[C@H](OC(=O)C=C(C)C)[C@@H](O)[C@H](O)[C@H]1OC(=O)CC(C)C. The van der Waals surface area contributed by atoms with Crippen molar-refractivity contribution in [2.75, 3.05) is 0 Å². The Labute approximate surface area is 193 Å². The summed E-state index contributed by atoms with van der Waals surface area (Å²) in [5.41, 5.74) is 0.796. The van der Waals surface area contributed by atoms with Crippen molar-refractivity contribution in [3.63, 3.8) is 0 Å². The van der Waals surface area contributed by atoms with Crippen LogP contribution in [0.5, 0.6) is 0 Å². The zero-order valence-corrected chi connectivity index (χ0v) is 20.1. The van der Waals surface area contributed by atoms with Crippen LogP contribution in [0.15, 0.2) is 23.3 Å².